The number of ether oxygens (including phenoxy) is 1. The van der Waals surface area contributed by atoms with Gasteiger partial charge in [0.25, 0.3) is 0 Å². The largest absolute Gasteiger partial charge is 0.469 e. The van der Waals surface area contributed by atoms with Crippen molar-refractivity contribution in [3.63, 3.8) is 0 Å². The van der Waals surface area contributed by atoms with E-state index in [2.05, 4.69) is 5.09 Å². The molecular formula is C25H26NO3P. The molecule has 154 valence electrons. The Morgan fingerprint density at radius 3 is 1.87 bits per heavy atom. The Hall–Kier alpha value is -2.68. The third-order valence-corrected chi connectivity index (χ3v) is 8.77. The lowest BCUT2D eigenvalue weighted by atomic mass is 9.97. The molecule has 1 aliphatic rings. The first-order valence-corrected chi connectivity index (χ1v) is 11.8. The molecule has 4 nitrogen and oxygen atoms in total. The highest BCUT2D eigenvalue weighted by molar-refractivity contribution is 7.76. The van der Waals surface area contributed by atoms with Gasteiger partial charge in [0.1, 0.15) is 0 Å². The van der Waals surface area contributed by atoms with Crippen LogP contribution in [-0.4, -0.2) is 13.1 Å². The van der Waals surface area contributed by atoms with E-state index in [0.717, 1.165) is 16.2 Å². The van der Waals surface area contributed by atoms with Crippen LogP contribution < -0.4 is 15.7 Å². The molecule has 0 amide bonds. The first kappa shape index (κ1) is 20.6. The average molecular weight is 419 g/mol. The van der Waals surface area contributed by atoms with E-state index in [4.69, 9.17) is 4.74 Å². The van der Waals surface area contributed by atoms with E-state index in [9.17, 15) is 9.36 Å². The van der Waals surface area contributed by atoms with Crippen molar-refractivity contribution in [1.29, 1.82) is 0 Å². The van der Waals surface area contributed by atoms with E-state index in [-0.39, 0.29) is 17.9 Å². The predicted molar refractivity (Wildman–Crippen MR) is 120 cm³/mol. The Bertz CT molecular complexity index is 1010. The summed E-state index contributed by atoms with van der Waals surface area (Å²) in [4.78, 5) is 12.4. The lowest BCUT2D eigenvalue weighted by Gasteiger charge is -2.28. The quantitative estimate of drug-likeness (QED) is 0.454. The molecule has 0 unspecified atom stereocenters. The Morgan fingerprint density at radius 2 is 1.40 bits per heavy atom. The molecule has 3 atom stereocenters. The van der Waals surface area contributed by atoms with Crippen molar-refractivity contribution in [1.82, 2.24) is 5.09 Å². The second kappa shape index (κ2) is 8.22. The third kappa shape index (κ3) is 3.74. The molecule has 3 aromatic rings. The molecule has 0 heterocycles. The standard InChI is InChI=1S/C25H26NO3P/c1-25(24(27)29-2)18-22(25)23(19-12-6-3-7-13-19)26-30(28,20-14-8-4-9-15-20)21-16-10-5-11-17-21/h3-17,22-23H,18H2,1-2H3,(H,26,28)/t22-,23-,25-/m1/s1. The van der Waals surface area contributed by atoms with Gasteiger partial charge < -0.3 is 4.74 Å². The van der Waals surface area contributed by atoms with E-state index >= 15 is 0 Å². The second-order valence-corrected chi connectivity index (χ2v) is 10.5. The molecule has 4 rings (SSSR count). The van der Waals surface area contributed by atoms with Crippen LogP contribution >= 0.6 is 7.29 Å². The molecule has 1 N–H and O–H groups in total. The van der Waals surface area contributed by atoms with Crippen LogP contribution in [0.1, 0.15) is 24.9 Å². The highest BCUT2D eigenvalue weighted by Gasteiger charge is 2.61. The second-order valence-electron chi connectivity index (χ2n) is 8.02. The van der Waals surface area contributed by atoms with E-state index in [0.29, 0.717) is 6.42 Å². The third-order valence-electron chi connectivity index (χ3n) is 6.08. The van der Waals surface area contributed by atoms with Crippen LogP contribution in [0.25, 0.3) is 0 Å². The molecule has 0 spiro atoms. The van der Waals surface area contributed by atoms with Crippen LogP contribution in [0.15, 0.2) is 91.0 Å². The van der Waals surface area contributed by atoms with Crippen molar-refractivity contribution >= 4 is 23.9 Å². The average Bonchev–Trinajstić information content (AvgIpc) is 3.50. The summed E-state index contributed by atoms with van der Waals surface area (Å²) in [6.45, 7) is 1.93. The predicted octanol–water partition coefficient (Wildman–Crippen LogP) is 4.45. The fourth-order valence-electron chi connectivity index (χ4n) is 4.18. The van der Waals surface area contributed by atoms with E-state index in [1.54, 1.807) is 0 Å². The van der Waals surface area contributed by atoms with Crippen LogP contribution in [-0.2, 0) is 14.1 Å². The smallest absolute Gasteiger partial charge is 0.311 e. The van der Waals surface area contributed by atoms with Crippen molar-refractivity contribution in [3.05, 3.63) is 96.6 Å². The summed E-state index contributed by atoms with van der Waals surface area (Å²) >= 11 is 0. The summed E-state index contributed by atoms with van der Waals surface area (Å²) in [6.07, 6.45) is 0.690. The molecule has 1 saturated carbocycles. The Kier molecular flexibility index (Phi) is 5.64. The van der Waals surface area contributed by atoms with E-state index in [1.807, 2.05) is 97.9 Å². The van der Waals surface area contributed by atoms with Crippen molar-refractivity contribution in [2.45, 2.75) is 19.4 Å². The minimum Gasteiger partial charge on any atom is -0.469 e. The summed E-state index contributed by atoms with van der Waals surface area (Å²) in [5.74, 6) is -0.224. The van der Waals surface area contributed by atoms with Crippen LogP contribution in [0.2, 0.25) is 0 Å². The number of hydrogen-bond donors (Lipinski definition) is 1. The molecule has 30 heavy (non-hydrogen) atoms. The van der Waals surface area contributed by atoms with Crippen molar-refractivity contribution in [3.8, 4) is 0 Å². The molecule has 1 aliphatic carbocycles. The zero-order valence-electron chi connectivity index (χ0n) is 17.2. The molecule has 0 aromatic heterocycles. The van der Waals surface area contributed by atoms with Gasteiger partial charge in [0.2, 0.25) is 7.29 Å². The number of carbonyl (C=O) groups is 1. The Morgan fingerprint density at radius 1 is 0.933 bits per heavy atom. The van der Waals surface area contributed by atoms with E-state index in [1.165, 1.54) is 7.11 Å². The molecule has 0 radical (unpaired) electrons. The topological polar surface area (TPSA) is 55.4 Å². The van der Waals surface area contributed by atoms with Gasteiger partial charge in [-0.05, 0) is 49.1 Å². The lowest BCUT2D eigenvalue weighted by Crippen LogP contribution is -2.33. The SMILES string of the molecule is COC(=O)[C@]1(C)C[C@@H]1[C@H](NP(=O)(c1ccccc1)c1ccccc1)c1ccccc1. The molecule has 0 aliphatic heterocycles. The number of nitrogens with one attached hydrogen (secondary N) is 1. The van der Waals surface area contributed by atoms with Gasteiger partial charge in [0, 0.05) is 16.7 Å². The van der Waals surface area contributed by atoms with Crippen molar-refractivity contribution < 1.29 is 14.1 Å². The summed E-state index contributed by atoms with van der Waals surface area (Å²) < 4.78 is 19.6. The van der Waals surface area contributed by atoms with Crippen LogP contribution in [0.5, 0.6) is 0 Å². The first-order chi connectivity index (χ1) is 14.5. The fraction of sp³-hybridized carbons (Fsp3) is 0.240. The molecule has 1 fully saturated rings. The molecule has 5 heteroatoms. The summed E-state index contributed by atoms with van der Waals surface area (Å²) in [7, 11) is -1.73. The lowest BCUT2D eigenvalue weighted by molar-refractivity contribution is -0.147. The van der Waals surface area contributed by atoms with Crippen molar-refractivity contribution in [2.24, 2.45) is 11.3 Å². The van der Waals surface area contributed by atoms with Crippen LogP contribution in [0.3, 0.4) is 0 Å². The molecule has 0 bridgehead atoms. The Balaban J connectivity index is 1.79. The number of hydrogen-bond acceptors (Lipinski definition) is 3. The van der Waals surface area contributed by atoms with E-state index < -0.39 is 12.7 Å². The van der Waals surface area contributed by atoms with Gasteiger partial charge in [-0.2, -0.15) is 0 Å². The van der Waals surface area contributed by atoms with Gasteiger partial charge in [0.05, 0.1) is 12.5 Å². The maximum Gasteiger partial charge on any atom is 0.311 e. The molecule has 3 aromatic carbocycles. The summed E-state index contributed by atoms with van der Waals surface area (Å²) in [6, 6.07) is 28.7. The van der Waals surface area contributed by atoms with Crippen LogP contribution in [0, 0.1) is 11.3 Å². The number of methoxy groups -OCH3 is 1. The van der Waals surface area contributed by atoms with Gasteiger partial charge in [-0.25, -0.2) is 0 Å². The monoisotopic (exact) mass is 419 g/mol. The number of esters is 1. The minimum absolute atomic E-state index is 0.00639. The zero-order chi connectivity index (χ0) is 21.2. The highest BCUT2D eigenvalue weighted by atomic mass is 31.2. The molecular weight excluding hydrogens is 393 g/mol. The van der Waals surface area contributed by atoms with Gasteiger partial charge in [-0.15, -0.1) is 0 Å². The van der Waals surface area contributed by atoms with Gasteiger partial charge in [0.15, 0.2) is 0 Å². The highest BCUT2D eigenvalue weighted by Crippen LogP contribution is 2.61. The maximum atomic E-state index is 14.6. The first-order valence-electron chi connectivity index (χ1n) is 10.1. The van der Waals surface area contributed by atoms with Gasteiger partial charge >= 0.3 is 5.97 Å². The molecule has 0 saturated heterocycles. The zero-order valence-corrected chi connectivity index (χ0v) is 18.1. The van der Waals surface area contributed by atoms with Gasteiger partial charge in [-0.1, -0.05) is 66.7 Å². The normalized spacial score (nSPS) is 21.6. The minimum atomic E-state index is -3.16. The van der Waals surface area contributed by atoms with Crippen LogP contribution in [0.4, 0.5) is 0 Å². The number of carbonyl (C=O) groups excluding carboxylic acids is 1. The number of rotatable bonds is 7. The summed E-state index contributed by atoms with van der Waals surface area (Å²) in [5.41, 5.74) is 0.433. The van der Waals surface area contributed by atoms with Gasteiger partial charge in [-0.3, -0.25) is 14.4 Å². The summed E-state index contributed by atoms with van der Waals surface area (Å²) in [5, 5.41) is 5.02. The Labute approximate surface area is 177 Å². The maximum absolute atomic E-state index is 14.6. The van der Waals surface area contributed by atoms with Crippen molar-refractivity contribution in [2.75, 3.05) is 7.11 Å². The fourth-order valence-corrected chi connectivity index (χ4v) is 6.68. The number of benzene rings is 3.